The number of nitrogens with one attached hydrogen (secondary N) is 4. The maximum atomic E-state index is 13.8. The molecule has 0 bridgehead atoms. The summed E-state index contributed by atoms with van der Waals surface area (Å²) in [6.45, 7) is 9.47. The van der Waals surface area contributed by atoms with E-state index in [1.807, 2.05) is 74.5 Å². The van der Waals surface area contributed by atoms with Crippen molar-refractivity contribution in [3.63, 3.8) is 0 Å². The van der Waals surface area contributed by atoms with Gasteiger partial charge < -0.3 is 21.3 Å². The standard InChI is InChI=1S/C34H46N8O4/c1-23(2)31-32-37-25(4)40-42(32)22-30(44)35-17-19-41(21-27-14-9-6-10-15-27)18-11-16-29(43)36-24(3)33(45)38-28(34(46)39-31)20-26-12-7-5-8-13-26/h5-10,12-15,23-24,28,31H,11,16-22H2,1-4H3,(H,35,44)(H,36,43)(H,38,45)(H,39,46)/t24-,28+,31-/m0/s1. The lowest BCUT2D eigenvalue weighted by Gasteiger charge is -2.27. The Morgan fingerprint density at radius 1 is 0.848 bits per heavy atom. The molecule has 3 aromatic rings. The molecule has 1 aromatic heterocycles. The van der Waals surface area contributed by atoms with E-state index in [4.69, 9.17) is 0 Å². The third kappa shape index (κ3) is 10.2. The SMILES string of the molecule is Cc1nc2n(n1)CC(=O)NCCN(Cc1ccccc1)CCCC(=O)N[C@@H](C)C(=O)N[C@H](Cc1ccccc1)C(=O)N[C@H]2C(C)C. The van der Waals surface area contributed by atoms with Gasteiger partial charge in [-0.2, -0.15) is 5.10 Å². The van der Waals surface area contributed by atoms with E-state index in [9.17, 15) is 19.2 Å². The largest absolute Gasteiger partial charge is 0.353 e. The summed E-state index contributed by atoms with van der Waals surface area (Å²) in [5.74, 6) is -0.499. The zero-order chi connectivity index (χ0) is 33.1. The van der Waals surface area contributed by atoms with Crippen LogP contribution >= 0.6 is 0 Å². The fraction of sp³-hybridized carbons (Fsp3) is 0.471. The van der Waals surface area contributed by atoms with Crippen molar-refractivity contribution in [2.75, 3.05) is 19.6 Å². The Labute approximate surface area is 270 Å². The number of fused-ring (bicyclic) bond motifs is 1. The Bertz CT molecular complexity index is 1460. The Morgan fingerprint density at radius 3 is 2.20 bits per heavy atom. The van der Waals surface area contributed by atoms with Crippen LogP contribution in [0.2, 0.25) is 0 Å². The van der Waals surface area contributed by atoms with Gasteiger partial charge in [-0.15, -0.1) is 0 Å². The third-order valence-electron chi connectivity index (χ3n) is 7.91. The number of nitrogens with zero attached hydrogens (tertiary/aromatic N) is 4. The molecule has 12 heteroatoms. The van der Waals surface area contributed by atoms with Crippen molar-refractivity contribution in [1.29, 1.82) is 0 Å². The van der Waals surface area contributed by atoms with Crippen LogP contribution in [-0.2, 0) is 38.7 Å². The van der Waals surface area contributed by atoms with E-state index in [1.165, 1.54) is 4.68 Å². The maximum Gasteiger partial charge on any atom is 0.243 e. The van der Waals surface area contributed by atoms with Gasteiger partial charge in [0.05, 0.1) is 6.04 Å². The number of rotatable bonds is 5. The molecule has 0 saturated carbocycles. The zero-order valence-corrected chi connectivity index (χ0v) is 27.2. The Balaban J connectivity index is 1.60. The fourth-order valence-electron chi connectivity index (χ4n) is 5.46. The van der Waals surface area contributed by atoms with Gasteiger partial charge in [-0.3, -0.25) is 24.1 Å². The lowest BCUT2D eigenvalue weighted by molar-refractivity contribution is -0.132. The van der Waals surface area contributed by atoms with Crippen molar-refractivity contribution >= 4 is 23.6 Å². The van der Waals surface area contributed by atoms with Gasteiger partial charge in [-0.05, 0) is 43.9 Å². The first-order valence-corrected chi connectivity index (χ1v) is 16.0. The highest BCUT2D eigenvalue weighted by Crippen LogP contribution is 2.21. The van der Waals surface area contributed by atoms with Crippen molar-refractivity contribution in [1.82, 2.24) is 40.9 Å². The number of hydrogen-bond acceptors (Lipinski definition) is 7. The summed E-state index contributed by atoms with van der Waals surface area (Å²) < 4.78 is 1.54. The summed E-state index contributed by atoms with van der Waals surface area (Å²) >= 11 is 0. The van der Waals surface area contributed by atoms with Crippen molar-refractivity contribution in [2.45, 2.75) is 78.2 Å². The number of benzene rings is 2. The van der Waals surface area contributed by atoms with Crippen LogP contribution in [0.3, 0.4) is 0 Å². The summed E-state index contributed by atoms with van der Waals surface area (Å²) in [6.07, 6.45) is 1.04. The molecule has 0 unspecified atom stereocenters. The number of amides is 4. The summed E-state index contributed by atoms with van der Waals surface area (Å²) in [4.78, 5) is 59.8. The second kappa shape index (κ2) is 16.6. The molecule has 0 saturated heterocycles. The summed E-state index contributed by atoms with van der Waals surface area (Å²) in [6, 6.07) is 17.1. The molecule has 0 spiro atoms. The molecule has 0 radical (unpaired) electrons. The summed E-state index contributed by atoms with van der Waals surface area (Å²) in [7, 11) is 0. The molecular weight excluding hydrogens is 584 g/mol. The van der Waals surface area contributed by atoms with Gasteiger partial charge in [0, 0.05) is 32.5 Å². The molecule has 1 aliphatic rings. The zero-order valence-electron chi connectivity index (χ0n) is 27.2. The van der Waals surface area contributed by atoms with Gasteiger partial charge in [0.25, 0.3) is 0 Å². The average molecular weight is 631 g/mol. The molecule has 4 N–H and O–H groups in total. The van der Waals surface area contributed by atoms with Gasteiger partial charge in [0.15, 0.2) is 5.82 Å². The second-order valence-electron chi connectivity index (χ2n) is 12.2. The highest BCUT2D eigenvalue weighted by Gasteiger charge is 2.30. The van der Waals surface area contributed by atoms with Gasteiger partial charge in [0.2, 0.25) is 23.6 Å². The molecule has 2 heterocycles. The smallest absolute Gasteiger partial charge is 0.243 e. The highest BCUT2D eigenvalue weighted by atomic mass is 16.2. The van der Waals surface area contributed by atoms with E-state index < -0.39 is 29.9 Å². The predicted octanol–water partition coefficient (Wildman–Crippen LogP) is 2.04. The first-order chi connectivity index (χ1) is 22.1. The van der Waals surface area contributed by atoms with Crippen LogP contribution in [0.1, 0.15) is 62.4 Å². The Hall–Kier alpha value is -4.58. The van der Waals surface area contributed by atoms with Crippen molar-refractivity contribution < 1.29 is 19.2 Å². The molecule has 1 aliphatic heterocycles. The van der Waals surface area contributed by atoms with E-state index in [0.717, 1.165) is 11.1 Å². The lowest BCUT2D eigenvalue weighted by atomic mass is 10.0. The van der Waals surface area contributed by atoms with Gasteiger partial charge in [-0.1, -0.05) is 74.5 Å². The first-order valence-electron chi connectivity index (χ1n) is 16.0. The molecule has 2 aromatic carbocycles. The molecule has 12 nitrogen and oxygen atoms in total. The monoisotopic (exact) mass is 630 g/mol. The Morgan fingerprint density at radius 2 is 1.52 bits per heavy atom. The molecule has 0 fully saturated rings. The molecule has 4 amide bonds. The Kier molecular flexibility index (Phi) is 12.4. The van der Waals surface area contributed by atoms with Crippen LogP contribution in [0.25, 0.3) is 0 Å². The molecule has 246 valence electrons. The number of carbonyl (C=O) groups excluding carboxylic acids is 4. The van der Waals surface area contributed by atoms with Crippen LogP contribution in [0.4, 0.5) is 0 Å². The normalized spacial score (nSPS) is 21.5. The summed E-state index contributed by atoms with van der Waals surface area (Å²) in [5.41, 5.74) is 2.00. The summed E-state index contributed by atoms with van der Waals surface area (Å²) in [5, 5.41) is 16.2. The number of carbonyl (C=O) groups is 4. The number of aromatic nitrogens is 3. The van der Waals surface area contributed by atoms with E-state index in [2.05, 4.69) is 36.2 Å². The topological polar surface area (TPSA) is 150 Å². The molecular formula is C34H46N8O4. The number of hydrogen-bond donors (Lipinski definition) is 4. The number of aryl methyl sites for hydroxylation is 1. The molecule has 46 heavy (non-hydrogen) atoms. The van der Waals surface area contributed by atoms with Crippen molar-refractivity contribution in [3.8, 4) is 0 Å². The maximum absolute atomic E-state index is 13.8. The van der Waals surface area contributed by atoms with E-state index in [1.54, 1.807) is 13.8 Å². The second-order valence-corrected chi connectivity index (χ2v) is 12.2. The van der Waals surface area contributed by atoms with Crippen molar-refractivity contribution in [2.24, 2.45) is 5.92 Å². The minimum absolute atomic E-state index is 0.0597. The predicted molar refractivity (Wildman–Crippen MR) is 174 cm³/mol. The third-order valence-corrected chi connectivity index (χ3v) is 7.91. The quantitative estimate of drug-likeness (QED) is 0.337. The van der Waals surface area contributed by atoms with Crippen molar-refractivity contribution in [3.05, 3.63) is 83.4 Å². The van der Waals surface area contributed by atoms with Crippen LogP contribution < -0.4 is 21.3 Å². The first kappa shape index (κ1) is 34.3. The van der Waals surface area contributed by atoms with Gasteiger partial charge >= 0.3 is 0 Å². The molecule has 4 rings (SSSR count). The molecule has 0 aliphatic carbocycles. The molecule has 3 atom stereocenters. The minimum Gasteiger partial charge on any atom is -0.353 e. The van der Waals surface area contributed by atoms with E-state index >= 15 is 0 Å². The lowest BCUT2D eigenvalue weighted by Crippen LogP contribution is -2.54. The van der Waals surface area contributed by atoms with E-state index in [-0.39, 0.29) is 37.1 Å². The van der Waals surface area contributed by atoms with Crippen LogP contribution in [-0.4, -0.2) is 75.0 Å². The van der Waals surface area contributed by atoms with E-state index in [0.29, 0.717) is 44.2 Å². The van der Waals surface area contributed by atoms with Crippen LogP contribution in [0.15, 0.2) is 60.7 Å². The highest BCUT2D eigenvalue weighted by molar-refractivity contribution is 5.92. The average Bonchev–Trinajstić information content (AvgIpc) is 3.38. The van der Waals surface area contributed by atoms with Gasteiger partial charge in [-0.25, -0.2) is 9.67 Å². The van der Waals surface area contributed by atoms with Gasteiger partial charge in [0.1, 0.15) is 24.5 Å². The van der Waals surface area contributed by atoms with Crippen LogP contribution in [0, 0.1) is 12.8 Å². The fourth-order valence-corrected chi connectivity index (χ4v) is 5.46. The van der Waals surface area contributed by atoms with Crippen LogP contribution in [0.5, 0.6) is 0 Å². The minimum atomic E-state index is -0.923.